The second kappa shape index (κ2) is 5.93. The largest absolute Gasteiger partial charge is 0.490 e. The van der Waals surface area contributed by atoms with E-state index in [1.165, 1.54) is 0 Å². The average molecular weight is 290 g/mol. The van der Waals surface area contributed by atoms with E-state index in [1.54, 1.807) is 6.07 Å². The minimum atomic E-state index is 0.0501. The molecule has 0 bridgehead atoms. The van der Waals surface area contributed by atoms with Gasteiger partial charge in [-0.25, -0.2) is 0 Å². The van der Waals surface area contributed by atoms with Crippen molar-refractivity contribution >= 4 is 5.91 Å². The molecule has 0 radical (unpaired) electrons. The summed E-state index contributed by atoms with van der Waals surface area (Å²) in [6, 6.07) is 5.68. The molecule has 3 rings (SSSR count). The number of nitrogens with zero attached hydrogens (tertiary/aromatic N) is 1. The van der Waals surface area contributed by atoms with Crippen LogP contribution in [0.2, 0.25) is 0 Å². The fraction of sp³-hybridized carbons (Fsp3) is 0.562. The maximum Gasteiger partial charge on any atom is 0.254 e. The van der Waals surface area contributed by atoms with Crippen LogP contribution in [0.5, 0.6) is 11.5 Å². The zero-order valence-electron chi connectivity index (χ0n) is 12.4. The number of carbonyl (C=O) groups is 1. The maximum atomic E-state index is 12.7. The van der Waals surface area contributed by atoms with Crippen molar-refractivity contribution in [2.24, 2.45) is 11.7 Å². The average Bonchev–Trinajstić information content (AvgIpc) is 2.72. The standard InChI is InChI=1S/C16H22N2O3/c1-11-7-12(9-17)10-18(11)16(19)13-3-4-14-15(8-13)21-6-2-5-20-14/h3-4,8,11-12H,2,5-7,9-10,17H2,1H3. The molecule has 21 heavy (non-hydrogen) atoms. The summed E-state index contributed by atoms with van der Waals surface area (Å²) in [5.74, 6) is 1.84. The number of ether oxygens (including phenoxy) is 2. The molecule has 0 spiro atoms. The van der Waals surface area contributed by atoms with E-state index in [1.807, 2.05) is 17.0 Å². The molecule has 2 N–H and O–H groups in total. The SMILES string of the molecule is CC1CC(CN)CN1C(=O)c1ccc2c(c1)OCCCO2. The molecule has 0 aliphatic carbocycles. The van der Waals surface area contributed by atoms with Crippen molar-refractivity contribution in [2.75, 3.05) is 26.3 Å². The molecule has 114 valence electrons. The van der Waals surface area contributed by atoms with Crippen LogP contribution in [-0.2, 0) is 0 Å². The highest BCUT2D eigenvalue weighted by Crippen LogP contribution is 2.32. The van der Waals surface area contributed by atoms with Gasteiger partial charge in [-0.15, -0.1) is 0 Å². The van der Waals surface area contributed by atoms with Gasteiger partial charge in [0.05, 0.1) is 13.2 Å². The number of amides is 1. The first-order valence-electron chi connectivity index (χ1n) is 7.59. The van der Waals surface area contributed by atoms with Gasteiger partial charge >= 0.3 is 0 Å². The van der Waals surface area contributed by atoms with Gasteiger partial charge in [-0.2, -0.15) is 0 Å². The van der Waals surface area contributed by atoms with Crippen LogP contribution < -0.4 is 15.2 Å². The van der Waals surface area contributed by atoms with Crippen LogP contribution >= 0.6 is 0 Å². The summed E-state index contributed by atoms with van der Waals surface area (Å²) in [5, 5.41) is 0. The molecule has 1 fully saturated rings. The molecular weight excluding hydrogens is 268 g/mol. The van der Waals surface area contributed by atoms with Crippen molar-refractivity contribution in [1.29, 1.82) is 0 Å². The molecule has 0 aromatic heterocycles. The Morgan fingerprint density at radius 2 is 2.10 bits per heavy atom. The zero-order chi connectivity index (χ0) is 14.8. The third-order valence-electron chi connectivity index (χ3n) is 4.25. The molecule has 2 heterocycles. The van der Waals surface area contributed by atoms with E-state index in [4.69, 9.17) is 15.2 Å². The number of fused-ring (bicyclic) bond motifs is 1. The van der Waals surface area contributed by atoms with Gasteiger partial charge in [0.15, 0.2) is 11.5 Å². The zero-order valence-corrected chi connectivity index (χ0v) is 12.4. The Balaban J connectivity index is 1.80. The van der Waals surface area contributed by atoms with Gasteiger partial charge in [0.1, 0.15) is 0 Å². The van der Waals surface area contributed by atoms with Crippen LogP contribution in [0.1, 0.15) is 30.1 Å². The van der Waals surface area contributed by atoms with Gasteiger partial charge in [0.2, 0.25) is 0 Å². The van der Waals surface area contributed by atoms with Crippen LogP contribution in [0.25, 0.3) is 0 Å². The maximum absolute atomic E-state index is 12.7. The molecule has 0 saturated carbocycles. The van der Waals surface area contributed by atoms with E-state index in [-0.39, 0.29) is 11.9 Å². The molecular formula is C16H22N2O3. The summed E-state index contributed by atoms with van der Waals surface area (Å²) < 4.78 is 11.3. The third kappa shape index (κ3) is 2.83. The first-order chi connectivity index (χ1) is 10.2. The van der Waals surface area contributed by atoms with Crippen LogP contribution in [0.4, 0.5) is 0 Å². The molecule has 2 unspecified atom stereocenters. The summed E-state index contributed by atoms with van der Waals surface area (Å²) in [4.78, 5) is 14.6. The first kappa shape index (κ1) is 14.2. The third-order valence-corrected chi connectivity index (χ3v) is 4.25. The highest BCUT2D eigenvalue weighted by atomic mass is 16.5. The predicted octanol–water partition coefficient (Wildman–Crippen LogP) is 1.66. The van der Waals surface area contributed by atoms with Gasteiger partial charge in [-0.1, -0.05) is 0 Å². The van der Waals surface area contributed by atoms with Gasteiger partial charge in [0, 0.05) is 24.6 Å². The summed E-state index contributed by atoms with van der Waals surface area (Å²) >= 11 is 0. The number of carbonyl (C=O) groups excluding carboxylic acids is 1. The number of hydrogen-bond acceptors (Lipinski definition) is 4. The Kier molecular flexibility index (Phi) is 4.01. The van der Waals surface area contributed by atoms with E-state index in [0.717, 1.165) is 25.1 Å². The number of rotatable bonds is 2. The van der Waals surface area contributed by atoms with Crippen molar-refractivity contribution in [3.8, 4) is 11.5 Å². The van der Waals surface area contributed by atoms with Crippen molar-refractivity contribution in [3.63, 3.8) is 0 Å². The fourth-order valence-corrected chi connectivity index (χ4v) is 3.06. The lowest BCUT2D eigenvalue weighted by molar-refractivity contribution is 0.0743. The van der Waals surface area contributed by atoms with Crippen LogP contribution in [-0.4, -0.2) is 43.2 Å². The number of nitrogens with two attached hydrogens (primary N) is 1. The highest BCUT2D eigenvalue weighted by molar-refractivity contribution is 5.95. The van der Waals surface area contributed by atoms with E-state index in [2.05, 4.69) is 6.92 Å². The van der Waals surface area contributed by atoms with Gasteiger partial charge in [-0.3, -0.25) is 4.79 Å². The smallest absolute Gasteiger partial charge is 0.254 e. The van der Waals surface area contributed by atoms with Crippen molar-refractivity contribution in [2.45, 2.75) is 25.8 Å². The molecule has 5 nitrogen and oxygen atoms in total. The lowest BCUT2D eigenvalue weighted by Gasteiger charge is -2.22. The first-order valence-corrected chi connectivity index (χ1v) is 7.59. The van der Waals surface area contributed by atoms with Gasteiger partial charge in [0.25, 0.3) is 5.91 Å². The van der Waals surface area contributed by atoms with Crippen LogP contribution in [0, 0.1) is 5.92 Å². The molecule has 1 aromatic carbocycles. The Labute approximate surface area is 125 Å². The van der Waals surface area contributed by atoms with E-state index in [9.17, 15) is 4.79 Å². The van der Waals surface area contributed by atoms with E-state index in [0.29, 0.717) is 37.0 Å². The summed E-state index contributed by atoms with van der Waals surface area (Å²) in [6.07, 6.45) is 1.84. The summed E-state index contributed by atoms with van der Waals surface area (Å²) in [6.45, 7) is 4.73. The number of likely N-dealkylation sites (tertiary alicyclic amines) is 1. The minimum Gasteiger partial charge on any atom is -0.490 e. The van der Waals surface area contributed by atoms with Crippen LogP contribution in [0.15, 0.2) is 18.2 Å². The molecule has 2 atom stereocenters. The minimum absolute atomic E-state index is 0.0501. The lowest BCUT2D eigenvalue weighted by Crippen LogP contribution is -2.34. The quantitative estimate of drug-likeness (QED) is 0.899. The predicted molar refractivity (Wildman–Crippen MR) is 79.7 cm³/mol. The Hall–Kier alpha value is -1.75. The van der Waals surface area contributed by atoms with Crippen molar-refractivity contribution < 1.29 is 14.3 Å². The molecule has 1 amide bonds. The Morgan fingerprint density at radius 1 is 1.33 bits per heavy atom. The molecule has 5 heteroatoms. The topological polar surface area (TPSA) is 64.8 Å². The highest BCUT2D eigenvalue weighted by Gasteiger charge is 2.32. The van der Waals surface area contributed by atoms with Crippen LogP contribution in [0.3, 0.4) is 0 Å². The summed E-state index contributed by atoms with van der Waals surface area (Å²) in [7, 11) is 0. The number of hydrogen-bond donors (Lipinski definition) is 1. The Morgan fingerprint density at radius 3 is 2.81 bits per heavy atom. The Bertz CT molecular complexity index is 532. The second-order valence-corrected chi connectivity index (χ2v) is 5.86. The van der Waals surface area contributed by atoms with Crippen molar-refractivity contribution in [1.82, 2.24) is 4.90 Å². The molecule has 1 aromatic rings. The lowest BCUT2D eigenvalue weighted by atomic mass is 10.1. The molecule has 2 aliphatic rings. The van der Waals surface area contributed by atoms with Gasteiger partial charge in [-0.05, 0) is 44.0 Å². The second-order valence-electron chi connectivity index (χ2n) is 5.86. The fourth-order valence-electron chi connectivity index (χ4n) is 3.06. The van der Waals surface area contributed by atoms with Crippen molar-refractivity contribution in [3.05, 3.63) is 23.8 Å². The normalized spacial score (nSPS) is 24.8. The number of benzene rings is 1. The molecule has 2 aliphatic heterocycles. The molecule has 1 saturated heterocycles. The summed E-state index contributed by atoms with van der Waals surface area (Å²) in [5.41, 5.74) is 6.39. The monoisotopic (exact) mass is 290 g/mol. The van der Waals surface area contributed by atoms with E-state index >= 15 is 0 Å². The van der Waals surface area contributed by atoms with Gasteiger partial charge < -0.3 is 20.1 Å². The van der Waals surface area contributed by atoms with E-state index < -0.39 is 0 Å².